The van der Waals surface area contributed by atoms with Gasteiger partial charge in [-0.1, -0.05) is 60.3 Å². The average Bonchev–Trinajstić information content (AvgIpc) is 2.75. The molecule has 4 rings (SSSR count). The second-order valence-corrected chi connectivity index (χ2v) is 7.63. The summed E-state index contributed by atoms with van der Waals surface area (Å²) in [5.74, 6) is 0.713. The molecule has 0 atom stereocenters. The third-order valence-corrected chi connectivity index (χ3v) is 5.73. The van der Waals surface area contributed by atoms with E-state index in [1.54, 1.807) is 41.9 Å². The van der Waals surface area contributed by atoms with Gasteiger partial charge in [0.05, 0.1) is 11.9 Å². The number of hydrogen-bond donors (Lipinski definition) is 0. The number of rotatable bonds is 3. The van der Waals surface area contributed by atoms with E-state index in [0.29, 0.717) is 29.0 Å². The lowest BCUT2D eigenvalue weighted by molar-refractivity contribution is 0.0843. The van der Waals surface area contributed by atoms with Crippen LogP contribution in [-0.4, -0.2) is 38.1 Å². The van der Waals surface area contributed by atoms with Crippen molar-refractivity contribution in [3.8, 4) is 0 Å². The summed E-state index contributed by atoms with van der Waals surface area (Å²) in [7, 11) is 1.57. The van der Waals surface area contributed by atoms with Gasteiger partial charge in [0, 0.05) is 24.7 Å². The van der Waals surface area contributed by atoms with Gasteiger partial charge in [0.2, 0.25) is 0 Å². The molecule has 6 nitrogen and oxygen atoms in total. The molecule has 0 N–H and O–H groups in total. The minimum atomic E-state index is -0.217. The number of fused-ring (bicyclic) bond motifs is 1. The summed E-state index contributed by atoms with van der Waals surface area (Å²) in [6, 6.07) is 17.1. The van der Waals surface area contributed by atoms with Crippen LogP contribution in [0.25, 0.3) is 10.8 Å². The molecule has 0 saturated carbocycles. The summed E-state index contributed by atoms with van der Waals surface area (Å²) in [4.78, 5) is 32.1. The third-order valence-electron chi connectivity index (χ3n) is 4.63. The normalized spacial score (nSPS) is 15.9. The van der Waals surface area contributed by atoms with E-state index in [1.165, 1.54) is 4.68 Å². The van der Waals surface area contributed by atoms with E-state index in [4.69, 9.17) is 0 Å². The summed E-state index contributed by atoms with van der Waals surface area (Å²) in [6.07, 6.45) is 0.893. The van der Waals surface area contributed by atoms with Crippen molar-refractivity contribution >= 4 is 33.6 Å². The van der Waals surface area contributed by atoms with Gasteiger partial charge in [-0.3, -0.25) is 19.5 Å². The minimum absolute atomic E-state index is 0.210. The molecule has 1 aliphatic heterocycles. The predicted octanol–water partition coefficient (Wildman–Crippen LogP) is 3.07. The van der Waals surface area contributed by atoms with Crippen LogP contribution in [-0.2, 0) is 13.6 Å². The van der Waals surface area contributed by atoms with Gasteiger partial charge in [-0.05, 0) is 18.1 Å². The Labute approximate surface area is 166 Å². The van der Waals surface area contributed by atoms with Crippen LogP contribution in [0.2, 0.25) is 0 Å². The molecular weight excluding hydrogens is 372 g/mol. The van der Waals surface area contributed by atoms with Crippen molar-refractivity contribution in [1.29, 1.82) is 0 Å². The van der Waals surface area contributed by atoms with E-state index in [1.807, 2.05) is 36.4 Å². The monoisotopic (exact) mass is 392 g/mol. The Kier molecular flexibility index (Phi) is 5.25. The van der Waals surface area contributed by atoms with Crippen molar-refractivity contribution in [2.75, 3.05) is 12.3 Å². The molecule has 0 radical (unpaired) electrons. The van der Waals surface area contributed by atoms with Crippen LogP contribution in [0.1, 0.15) is 22.5 Å². The van der Waals surface area contributed by atoms with Crippen LogP contribution in [0.15, 0.2) is 64.4 Å². The molecule has 1 saturated heterocycles. The summed E-state index contributed by atoms with van der Waals surface area (Å²) in [6.45, 7) is 1.12. The molecule has 0 bridgehead atoms. The van der Waals surface area contributed by atoms with Crippen molar-refractivity contribution in [3.05, 3.63) is 76.2 Å². The van der Waals surface area contributed by atoms with Crippen molar-refractivity contribution in [3.63, 3.8) is 0 Å². The topological polar surface area (TPSA) is 67.6 Å². The molecule has 3 aromatic rings. The first-order valence-electron chi connectivity index (χ1n) is 9.14. The lowest BCUT2D eigenvalue weighted by Gasteiger charge is -2.28. The number of amidine groups is 1. The van der Waals surface area contributed by atoms with Gasteiger partial charge >= 0.3 is 0 Å². The second kappa shape index (κ2) is 7.98. The van der Waals surface area contributed by atoms with Crippen LogP contribution in [0, 0.1) is 0 Å². The van der Waals surface area contributed by atoms with E-state index >= 15 is 0 Å². The molecule has 7 heteroatoms. The quantitative estimate of drug-likeness (QED) is 0.687. The van der Waals surface area contributed by atoms with E-state index in [9.17, 15) is 9.59 Å². The molecule has 2 aromatic carbocycles. The van der Waals surface area contributed by atoms with E-state index in [-0.39, 0.29) is 17.2 Å². The maximum Gasteiger partial charge on any atom is 0.280 e. The van der Waals surface area contributed by atoms with Gasteiger partial charge in [0.25, 0.3) is 11.5 Å². The zero-order chi connectivity index (χ0) is 19.5. The number of amides is 1. The van der Waals surface area contributed by atoms with Gasteiger partial charge in [-0.15, -0.1) is 0 Å². The largest absolute Gasteiger partial charge is 0.286 e. The van der Waals surface area contributed by atoms with Crippen molar-refractivity contribution in [2.45, 2.75) is 13.0 Å². The van der Waals surface area contributed by atoms with E-state index < -0.39 is 0 Å². The Morgan fingerprint density at radius 3 is 2.61 bits per heavy atom. The van der Waals surface area contributed by atoms with E-state index in [2.05, 4.69) is 10.1 Å². The molecule has 28 heavy (non-hydrogen) atoms. The summed E-state index contributed by atoms with van der Waals surface area (Å²) >= 11 is 1.59. The Morgan fingerprint density at radius 1 is 1.11 bits per heavy atom. The van der Waals surface area contributed by atoms with Gasteiger partial charge in [-0.25, -0.2) is 4.68 Å². The number of benzene rings is 2. The van der Waals surface area contributed by atoms with Gasteiger partial charge in [0.15, 0.2) is 10.9 Å². The SMILES string of the molecule is Cn1nc(C(=O)N2CCCSC2=NCc2ccccc2)c2ccccc2c1=O. The maximum atomic E-state index is 13.4. The van der Waals surface area contributed by atoms with Crippen LogP contribution in [0.3, 0.4) is 0 Å². The average molecular weight is 392 g/mol. The number of aromatic nitrogens is 2. The fourth-order valence-electron chi connectivity index (χ4n) is 3.21. The predicted molar refractivity (Wildman–Crippen MR) is 113 cm³/mol. The molecule has 1 amide bonds. The van der Waals surface area contributed by atoms with Gasteiger partial charge in [0.1, 0.15) is 0 Å². The van der Waals surface area contributed by atoms with Crippen molar-refractivity contribution in [1.82, 2.24) is 14.7 Å². The minimum Gasteiger partial charge on any atom is -0.286 e. The van der Waals surface area contributed by atoms with E-state index in [0.717, 1.165) is 17.7 Å². The smallest absolute Gasteiger partial charge is 0.280 e. The van der Waals surface area contributed by atoms with Crippen LogP contribution >= 0.6 is 11.8 Å². The standard InChI is InChI=1S/C21H20N4O2S/c1-24-19(26)17-11-6-5-10-16(17)18(23-24)20(27)25-12-7-13-28-21(25)22-14-15-8-3-2-4-9-15/h2-6,8-11H,7,12-14H2,1H3. The highest BCUT2D eigenvalue weighted by molar-refractivity contribution is 8.13. The van der Waals surface area contributed by atoms with Crippen LogP contribution in [0.5, 0.6) is 0 Å². The van der Waals surface area contributed by atoms with Crippen LogP contribution in [0.4, 0.5) is 0 Å². The molecule has 142 valence electrons. The zero-order valence-electron chi connectivity index (χ0n) is 15.5. The van der Waals surface area contributed by atoms with Gasteiger partial charge in [-0.2, -0.15) is 5.10 Å². The maximum absolute atomic E-state index is 13.4. The van der Waals surface area contributed by atoms with Crippen LogP contribution < -0.4 is 5.56 Å². The molecule has 1 aromatic heterocycles. The lowest BCUT2D eigenvalue weighted by Crippen LogP contribution is -2.40. The highest BCUT2D eigenvalue weighted by atomic mass is 32.2. The first-order chi connectivity index (χ1) is 13.6. The Bertz CT molecular complexity index is 1110. The molecule has 0 unspecified atom stereocenters. The fourth-order valence-corrected chi connectivity index (χ4v) is 4.15. The molecule has 0 spiro atoms. The van der Waals surface area contributed by atoms with Gasteiger partial charge < -0.3 is 0 Å². The number of carbonyl (C=O) groups is 1. The fraction of sp³-hybridized carbons (Fsp3) is 0.238. The lowest BCUT2D eigenvalue weighted by atomic mass is 10.1. The second-order valence-electron chi connectivity index (χ2n) is 6.57. The Morgan fingerprint density at radius 2 is 1.82 bits per heavy atom. The first kappa shape index (κ1) is 18.4. The summed E-state index contributed by atoms with van der Waals surface area (Å²) < 4.78 is 1.23. The Hall–Kier alpha value is -2.93. The Balaban J connectivity index is 1.71. The number of aliphatic imine (C=N–C) groups is 1. The molecule has 1 fully saturated rings. The number of thioether (sulfide) groups is 1. The number of carbonyl (C=O) groups excluding carboxylic acids is 1. The van der Waals surface area contributed by atoms with Crippen molar-refractivity contribution in [2.24, 2.45) is 12.0 Å². The van der Waals surface area contributed by atoms with Crippen molar-refractivity contribution < 1.29 is 4.79 Å². The molecular formula is C21H20N4O2S. The molecule has 2 heterocycles. The molecule has 0 aliphatic carbocycles. The third kappa shape index (κ3) is 3.57. The number of nitrogens with zero attached hydrogens (tertiary/aromatic N) is 4. The highest BCUT2D eigenvalue weighted by Gasteiger charge is 2.27. The number of aryl methyl sites for hydroxylation is 1. The highest BCUT2D eigenvalue weighted by Crippen LogP contribution is 2.23. The molecule has 1 aliphatic rings. The number of hydrogen-bond acceptors (Lipinski definition) is 5. The first-order valence-corrected chi connectivity index (χ1v) is 10.1. The summed E-state index contributed by atoms with van der Waals surface area (Å²) in [5.41, 5.74) is 1.17. The summed E-state index contributed by atoms with van der Waals surface area (Å²) in [5, 5.41) is 6.06. The zero-order valence-corrected chi connectivity index (χ0v) is 16.4.